The second kappa shape index (κ2) is 5.71. The molecule has 0 fully saturated rings. The van der Waals surface area contributed by atoms with Crippen LogP contribution in [0.1, 0.15) is 25.5 Å². The zero-order valence-electron chi connectivity index (χ0n) is 10.1. The van der Waals surface area contributed by atoms with Crippen molar-refractivity contribution < 1.29 is 18.0 Å². The lowest BCUT2D eigenvalue weighted by atomic mass is 10.1. The summed E-state index contributed by atoms with van der Waals surface area (Å²) in [5.41, 5.74) is 0.655. The van der Waals surface area contributed by atoms with Gasteiger partial charge in [0.25, 0.3) is 0 Å². The molecule has 1 aromatic rings. The second-order valence-electron chi connectivity index (χ2n) is 4.12. The summed E-state index contributed by atoms with van der Waals surface area (Å²) in [4.78, 5) is 11.4. The van der Waals surface area contributed by atoms with Gasteiger partial charge in [-0.05, 0) is 19.4 Å². The van der Waals surface area contributed by atoms with Crippen LogP contribution in [0.4, 0.5) is 13.2 Å². The second-order valence-corrected chi connectivity index (χ2v) is 4.12. The zero-order valence-corrected chi connectivity index (χ0v) is 10.1. The van der Waals surface area contributed by atoms with Crippen LogP contribution >= 0.6 is 0 Å². The molecular formula is C13H14F3NO. The highest BCUT2D eigenvalue weighted by Gasteiger charge is 2.41. The first-order valence-electron chi connectivity index (χ1n) is 5.38. The molecule has 0 bridgehead atoms. The minimum Gasteiger partial charge on any atom is -0.337 e. The summed E-state index contributed by atoms with van der Waals surface area (Å²) in [6, 6.07) is 5.31. The van der Waals surface area contributed by atoms with Crippen LogP contribution in [0.25, 0.3) is 0 Å². The molecule has 0 aromatic heterocycles. The minimum atomic E-state index is -4.52. The molecule has 1 aromatic carbocycles. The Labute approximate surface area is 104 Å². The van der Waals surface area contributed by atoms with E-state index in [4.69, 9.17) is 0 Å². The normalized spacial score (nSPS) is 12.7. The average Bonchev–Trinajstić information content (AvgIpc) is 2.24. The van der Waals surface area contributed by atoms with Gasteiger partial charge >= 0.3 is 6.18 Å². The number of allylic oxidation sites excluding steroid dienone is 1. The standard InChI is InChI=1S/C13H14F3NO/c1-9(2)8-11(18)17-12(13(14,15)16)10-6-4-3-5-7-10/h3-8,12H,1-2H3,(H,17,18)/t12-/m1/s1. The highest BCUT2D eigenvalue weighted by Crippen LogP contribution is 2.32. The van der Waals surface area contributed by atoms with Gasteiger partial charge < -0.3 is 5.32 Å². The van der Waals surface area contributed by atoms with Crippen LogP contribution < -0.4 is 5.32 Å². The average molecular weight is 257 g/mol. The first-order chi connectivity index (χ1) is 8.30. The molecule has 18 heavy (non-hydrogen) atoms. The Kier molecular flexibility index (Phi) is 4.53. The lowest BCUT2D eigenvalue weighted by Crippen LogP contribution is -2.37. The minimum absolute atomic E-state index is 0.0144. The molecule has 1 atom stereocenters. The number of benzene rings is 1. The van der Waals surface area contributed by atoms with Gasteiger partial charge in [0, 0.05) is 6.08 Å². The van der Waals surface area contributed by atoms with Crippen molar-refractivity contribution in [1.29, 1.82) is 0 Å². The molecule has 0 saturated heterocycles. The molecule has 0 aliphatic rings. The van der Waals surface area contributed by atoms with Gasteiger partial charge in [0.1, 0.15) is 0 Å². The van der Waals surface area contributed by atoms with Crippen LogP contribution in [0.2, 0.25) is 0 Å². The van der Waals surface area contributed by atoms with Crippen molar-refractivity contribution in [3.8, 4) is 0 Å². The third-order valence-electron chi connectivity index (χ3n) is 2.17. The van der Waals surface area contributed by atoms with E-state index in [1.165, 1.54) is 24.3 Å². The molecule has 0 radical (unpaired) electrons. The molecule has 98 valence electrons. The summed E-state index contributed by atoms with van der Waals surface area (Å²) in [5, 5.41) is 1.96. The summed E-state index contributed by atoms with van der Waals surface area (Å²) in [6.45, 7) is 3.29. The van der Waals surface area contributed by atoms with E-state index in [9.17, 15) is 18.0 Å². The molecule has 0 spiro atoms. The predicted molar refractivity (Wildman–Crippen MR) is 62.8 cm³/mol. The van der Waals surface area contributed by atoms with Gasteiger partial charge in [0.05, 0.1) is 0 Å². The van der Waals surface area contributed by atoms with Gasteiger partial charge in [0.2, 0.25) is 5.91 Å². The number of halogens is 3. The highest BCUT2D eigenvalue weighted by atomic mass is 19.4. The fourth-order valence-corrected chi connectivity index (χ4v) is 1.45. The lowest BCUT2D eigenvalue weighted by Gasteiger charge is -2.21. The summed E-state index contributed by atoms with van der Waals surface area (Å²) in [6.07, 6.45) is -3.38. The quantitative estimate of drug-likeness (QED) is 0.826. The smallest absolute Gasteiger partial charge is 0.337 e. The van der Waals surface area contributed by atoms with Crippen LogP contribution in [0.15, 0.2) is 42.0 Å². The van der Waals surface area contributed by atoms with Gasteiger partial charge in [0.15, 0.2) is 6.04 Å². The van der Waals surface area contributed by atoms with E-state index in [0.29, 0.717) is 5.57 Å². The monoisotopic (exact) mass is 257 g/mol. The van der Waals surface area contributed by atoms with Crippen LogP contribution in [-0.2, 0) is 4.79 Å². The van der Waals surface area contributed by atoms with Gasteiger partial charge in [-0.1, -0.05) is 35.9 Å². The summed E-state index contributed by atoms with van der Waals surface area (Å²) < 4.78 is 38.6. The van der Waals surface area contributed by atoms with Crippen LogP contribution in [0, 0.1) is 0 Å². The number of amides is 1. The van der Waals surface area contributed by atoms with E-state index in [2.05, 4.69) is 0 Å². The Bertz CT molecular complexity index is 433. The van der Waals surface area contributed by atoms with Crippen molar-refractivity contribution >= 4 is 5.91 Å². The molecular weight excluding hydrogens is 243 g/mol. The van der Waals surface area contributed by atoms with E-state index in [1.807, 2.05) is 5.32 Å². The predicted octanol–water partition coefficient (Wildman–Crippen LogP) is 3.37. The third-order valence-corrected chi connectivity index (χ3v) is 2.17. The number of carbonyl (C=O) groups is 1. The van der Waals surface area contributed by atoms with Crippen molar-refractivity contribution in [2.24, 2.45) is 0 Å². The molecule has 1 amide bonds. The summed E-state index contributed by atoms with van der Waals surface area (Å²) in [7, 11) is 0. The van der Waals surface area contributed by atoms with Crippen molar-refractivity contribution in [1.82, 2.24) is 5.32 Å². The van der Waals surface area contributed by atoms with Gasteiger partial charge in [-0.25, -0.2) is 0 Å². The van der Waals surface area contributed by atoms with Crippen molar-refractivity contribution in [3.05, 3.63) is 47.5 Å². The van der Waals surface area contributed by atoms with Crippen molar-refractivity contribution in [3.63, 3.8) is 0 Å². The lowest BCUT2D eigenvalue weighted by molar-refractivity contribution is -0.162. The highest BCUT2D eigenvalue weighted by molar-refractivity contribution is 5.88. The van der Waals surface area contributed by atoms with Crippen LogP contribution in [0.3, 0.4) is 0 Å². The number of hydrogen-bond donors (Lipinski definition) is 1. The maximum absolute atomic E-state index is 12.9. The summed E-state index contributed by atoms with van der Waals surface area (Å²) >= 11 is 0. The molecule has 1 rings (SSSR count). The number of nitrogens with one attached hydrogen (secondary N) is 1. The Hall–Kier alpha value is -1.78. The molecule has 1 N–H and O–H groups in total. The van der Waals surface area contributed by atoms with Gasteiger partial charge in [-0.15, -0.1) is 0 Å². The molecule has 5 heteroatoms. The molecule has 0 heterocycles. The third kappa shape index (κ3) is 4.24. The SMILES string of the molecule is CC(C)=CC(=O)N[C@H](c1ccccc1)C(F)(F)F. The van der Waals surface area contributed by atoms with Crippen LogP contribution in [-0.4, -0.2) is 12.1 Å². The number of alkyl halides is 3. The maximum Gasteiger partial charge on any atom is 0.412 e. The zero-order chi connectivity index (χ0) is 13.8. The molecule has 0 unspecified atom stereocenters. The number of rotatable bonds is 3. The fraction of sp³-hybridized carbons (Fsp3) is 0.308. The summed E-state index contributed by atoms with van der Waals surface area (Å²) in [5.74, 6) is -0.749. The largest absolute Gasteiger partial charge is 0.412 e. The first kappa shape index (κ1) is 14.3. The Morgan fingerprint density at radius 1 is 1.22 bits per heavy atom. The van der Waals surface area contributed by atoms with Crippen molar-refractivity contribution in [2.45, 2.75) is 26.1 Å². The number of hydrogen-bond acceptors (Lipinski definition) is 1. The number of carbonyl (C=O) groups excluding carboxylic acids is 1. The van der Waals surface area contributed by atoms with E-state index < -0.39 is 18.1 Å². The van der Waals surface area contributed by atoms with Gasteiger partial charge in [-0.3, -0.25) is 4.79 Å². The topological polar surface area (TPSA) is 29.1 Å². The molecule has 0 aliphatic carbocycles. The van der Waals surface area contributed by atoms with E-state index in [-0.39, 0.29) is 5.56 Å². The van der Waals surface area contributed by atoms with E-state index in [1.54, 1.807) is 19.9 Å². The Morgan fingerprint density at radius 2 is 1.78 bits per heavy atom. The van der Waals surface area contributed by atoms with E-state index in [0.717, 1.165) is 6.08 Å². The molecule has 0 saturated carbocycles. The van der Waals surface area contributed by atoms with E-state index >= 15 is 0 Å². The Balaban J connectivity index is 2.95. The maximum atomic E-state index is 12.9. The molecule has 2 nitrogen and oxygen atoms in total. The van der Waals surface area contributed by atoms with Crippen LogP contribution in [0.5, 0.6) is 0 Å². The van der Waals surface area contributed by atoms with Gasteiger partial charge in [-0.2, -0.15) is 13.2 Å². The Morgan fingerprint density at radius 3 is 2.22 bits per heavy atom. The first-order valence-corrected chi connectivity index (χ1v) is 5.38. The van der Waals surface area contributed by atoms with Crippen molar-refractivity contribution in [2.75, 3.05) is 0 Å². The molecule has 0 aliphatic heterocycles. The fourth-order valence-electron chi connectivity index (χ4n) is 1.45.